The first kappa shape index (κ1) is 13.5. The van der Waals surface area contributed by atoms with Crippen LogP contribution in [0.5, 0.6) is 0 Å². The minimum Gasteiger partial charge on any atom is -0.399 e. The molecular formula is C16H14F2N2O. The normalized spacial score (nSPS) is 13.9. The summed E-state index contributed by atoms with van der Waals surface area (Å²) in [6.07, 6.45) is 1.65. The molecule has 2 N–H and O–H groups in total. The molecule has 1 aliphatic heterocycles. The van der Waals surface area contributed by atoms with E-state index in [0.29, 0.717) is 17.9 Å². The molecule has 21 heavy (non-hydrogen) atoms. The lowest BCUT2D eigenvalue weighted by atomic mass is 10.00. The summed E-state index contributed by atoms with van der Waals surface area (Å²) >= 11 is 0. The monoisotopic (exact) mass is 288 g/mol. The maximum Gasteiger partial charge on any atom is 0.261 e. The van der Waals surface area contributed by atoms with E-state index in [9.17, 15) is 13.6 Å². The molecule has 0 saturated heterocycles. The molecule has 0 spiro atoms. The van der Waals surface area contributed by atoms with Crippen molar-refractivity contribution in [3.63, 3.8) is 0 Å². The number of hydrogen-bond donors (Lipinski definition) is 1. The summed E-state index contributed by atoms with van der Waals surface area (Å²) in [5, 5.41) is 0. The molecule has 108 valence electrons. The zero-order valence-electron chi connectivity index (χ0n) is 11.3. The van der Waals surface area contributed by atoms with Gasteiger partial charge < -0.3 is 10.6 Å². The molecule has 0 bridgehead atoms. The van der Waals surface area contributed by atoms with Gasteiger partial charge in [0, 0.05) is 24.0 Å². The smallest absolute Gasteiger partial charge is 0.261 e. The van der Waals surface area contributed by atoms with Crippen molar-refractivity contribution in [3.05, 3.63) is 59.2 Å². The molecule has 0 unspecified atom stereocenters. The van der Waals surface area contributed by atoms with Gasteiger partial charge in [0.25, 0.3) is 5.91 Å². The van der Waals surface area contributed by atoms with Crippen molar-refractivity contribution in [2.45, 2.75) is 12.8 Å². The number of nitrogen functional groups attached to an aromatic ring is 1. The molecule has 1 heterocycles. The van der Waals surface area contributed by atoms with Gasteiger partial charge in [-0.3, -0.25) is 4.79 Å². The highest BCUT2D eigenvalue weighted by molar-refractivity contribution is 6.07. The van der Waals surface area contributed by atoms with Gasteiger partial charge in [-0.1, -0.05) is 6.07 Å². The fraction of sp³-hybridized carbons (Fsp3) is 0.188. The molecule has 0 radical (unpaired) electrons. The number of nitrogens with two attached hydrogens (primary N) is 1. The Kier molecular flexibility index (Phi) is 3.33. The topological polar surface area (TPSA) is 46.3 Å². The van der Waals surface area contributed by atoms with Crippen molar-refractivity contribution >= 4 is 17.3 Å². The van der Waals surface area contributed by atoms with E-state index in [1.807, 2.05) is 6.07 Å². The summed E-state index contributed by atoms with van der Waals surface area (Å²) in [5.74, 6) is -2.03. The van der Waals surface area contributed by atoms with Gasteiger partial charge in [0.05, 0.1) is 5.56 Å². The minimum atomic E-state index is -0.851. The van der Waals surface area contributed by atoms with Gasteiger partial charge in [-0.15, -0.1) is 0 Å². The van der Waals surface area contributed by atoms with Crippen molar-refractivity contribution in [3.8, 4) is 0 Å². The highest BCUT2D eigenvalue weighted by Crippen LogP contribution is 2.30. The molecule has 0 aliphatic carbocycles. The van der Waals surface area contributed by atoms with Crippen LogP contribution in [0.15, 0.2) is 36.4 Å². The third kappa shape index (κ3) is 2.46. The summed E-state index contributed by atoms with van der Waals surface area (Å²) in [7, 11) is 0. The number of nitrogens with zero attached hydrogens (tertiary/aromatic N) is 1. The van der Waals surface area contributed by atoms with Crippen LogP contribution in [-0.2, 0) is 6.42 Å². The van der Waals surface area contributed by atoms with Gasteiger partial charge in [-0.2, -0.15) is 0 Å². The number of hydrogen-bond acceptors (Lipinski definition) is 2. The van der Waals surface area contributed by atoms with E-state index in [2.05, 4.69) is 0 Å². The lowest BCUT2D eigenvalue weighted by Crippen LogP contribution is -2.36. The molecule has 0 fully saturated rings. The van der Waals surface area contributed by atoms with Gasteiger partial charge in [-0.25, -0.2) is 8.78 Å². The molecular weight excluding hydrogens is 274 g/mol. The van der Waals surface area contributed by atoms with Crippen LogP contribution in [-0.4, -0.2) is 12.5 Å². The second-order valence-electron chi connectivity index (χ2n) is 5.07. The van der Waals surface area contributed by atoms with Gasteiger partial charge in [0.2, 0.25) is 0 Å². The van der Waals surface area contributed by atoms with Crippen LogP contribution in [0.4, 0.5) is 20.2 Å². The molecule has 3 nitrogen and oxygen atoms in total. The minimum absolute atomic E-state index is 0.133. The first-order valence-corrected chi connectivity index (χ1v) is 6.71. The highest BCUT2D eigenvalue weighted by Gasteiger charge is 2.25. The van der Waals surface area contributed by atoms with E-state index in [1.54, 1.807) is 12.1 Å². The standard InChI is InChI=1S/C16H14F2N2O/c17-11-4-6-13(14(18)8-11)16(21)20-7-1-2-10-3-5-12(19)9-15(10)20/h3-6,8-9H,1-2,7,19H2. The number of fused-ring (bicyclic) bond motifs is 1. The number of amides is 1. The Morgan fingerprint density at radius 2 is 1.95 bits per heavy atom. The lowest BCUT2D eigenvalue weighted by Gasteiger charge is -2.30. The summed E-state index contributed by atoms with van der Waals surface area (Å²) in [4.78, 5) is 14.0. The summed E-state index contributed by atoms with van der Waals surface area (Å²) in [5.41, 5.74) is 7.90. The third-order valence-corrected chi connectivity index (χ3v) is 3.63. The zero-order valence-corrected chi connectivity index (χ0v) is 11.3. The molecule has 2 aromatic carbocycles. The zero-order chi connectivity index (χ0) is 15.0. The predicted molar refractivity (Wildman–Crippen MR) is 77.2 cm³/mol. The van der Waals surface area contributed by atoms with E-state index in [1.165, 1.54) is 11.0 Å². The highest BCUT2D eigenvalue weighted by atomic mass is 19.1. The number of rotatable bonds is 1. The van der Waals surface area contributed by atoms with Crippen molar-refractivity contribution in [1.29, 1.82) is 0 Å². The molecule has 0 saturated carbocycles. The van der Waals surface area contributed by atoms with Crippen LogP contribution >= 0.6 is 0 Å². The Morgan fingerprint density at radius 1 is 1.14 bits per heavy atom. The Labute approximate surface area is 121 Å². The van der Waals surface area contributed by atoms with E-state index >= 15 is 0 Å². The van der Waals surface area contributed by atoms with E-state index in [0.717, 1.165) is 30.5 Å². The Bertz CT molecular complexity index is 715. The maximum atomic E-state index is 13.8. The Morgan fingerprint density at radius 3 is 2.71 bits per heavy atom. The Balaban J connectivity index is 2.02. The molecule has 1 amide bonds. The Hall–Kier alpha value is -2.43. The van der Waals surface area contributed by atoms with Crippen molar-refractivity contribution in [2.75, 3.05) is 17.2 Å². The van der Waals surface area contributed by atoms with Crippen LogP contribution in [0.1, 0.15) is 22.3 Å². The SMILES string of the molecule is Nc1ccc2c(c1)N(C(=O)c1ccc(F)cc1F)CCC2. The summed E-state index contributed by atoms with van der Waals surface area (Å²) in [6.45, 7) is 0.492. The number of carbonyl (C=O) groups is 1. The molecule has 0 aromatic heterocycles. The molecule has 3 rings (SSSR count). The van der Waals surface area contributed by atoms with E-state index in [4.69, 9.17) is 5.73 Å². The van der Waals surface area contributed by atoms with Crippen LogP contribution in [0.2, 0.25) is 0 Å². The van der Waals surface area contributed by atoms with Crippen LogP contribution in [0.25, 0.3) is 0 Å². The largest absolute Gasteiger partial charge is 0.399 e. The van der Waals surface area contributed by atoms with Gasteiger partial charge in [0.1, 0.15) is 11.6 Å². The molecule has 2 aromatic rings. The lowest BCUT2D eigenvalue weighted by molar-refractivity contribution is 0.0981. The molecule has 0 atom stereocenters. The summed E-state index contributed by atoms with van der Waals surface area (Å²) in [6, 6.07) is 8.36. The average molecular weight is 288 g/mol. The number of benzene rings is 2. The number of halogens is 2. The van der Waals surface area contributed by atoms with Crippen LogP contribution in [0, 0.1) is 11.6 Å². The first-order valence-electron chi connectivity index (χ1n) is 6.71. The van der Waals surface area contributed by atoms with Gasteiger partial charge in [0.15, 0.2) is 0 Å². The number of aryl methyl sites for hydroxylation is 1. The summed E-state index contributed by atoms with van der Waals surface area (Å²) < 4.78 is 26.8. The van der Waals surface area contributed by atoms with E-state index < -0.39 is 17.5 Å². The van der Waals surface area contributed by atoms with Crippen molar-refractivity contribution < 1.29 is 13.6 Å². The fourth-order valence-corrected chi connectivity index (χ4v) is 2.61. The first-order chi connectivity index (χ1) is 10.1. The van der Waals surface area contributed by atoms with Crippen LogP contribution < -0.4 is 10.6 Å². The second-order valence-corrected chi connectivity index (χ2v) is 5.07. The van der Waals surface area contributed by atoms with Crippen LogP contribution in [0.3, 0.4) is 0 Å². The maximum absolute atomic E-state index is 13.8. The van der Waals surface area contributed by atoms with Gasteiger partial charge in [-0.05, 0) is 42.7 Å². The third-order valence-electron chi connectivity index (χ3n) is 3.63. The van der Waals surface area contributed by atoms with Gasteiger partial charge >= 0.3 is 0 Å². The number of anilines is 2. The quantitative estimate of drug-likeness (QED) is 0.819. The van der Waals surface area contributed by atoms with E-state index in [-0.39, 0.29) is 5.56 Å². The predicted octanol–water partition coefficient (Wildman–Crippen LogP) is 3.14. The van der Waals surface area contributed by atoms with Crippen molar-refractivity contribution in [2.24, 2.45) is 0 Å². The average Bonchev–Trinajstić information content (AvgIpc) is 2.46. The number of carbonyl (C=O) groups excluding carboxylic acids is 1. The van der Waals surface area contributed by atoms with Crippen molar-refractivity contribution in [1.82, 2.24) is 0 Å². The molecule has 5 heteroatoms. The molecule has 1 aliphatic rings. The fourth-order valence-electron chi connectivity index (χ4n) is 2.61. The second kappa shape index (κ2) is 5.16.